The average Bonchev–Trinajstić information content (AvgIpc) is 2.21. The predicted octanol–water partition coefficient (Wildman–Crippen LogP) is 5.67. The number of unbranched alkanes of at least 4 members (excludes halogenated alkanes) is 1. The van der Waals surface area contributed by atoms with Gasteiger partial charge in [0.15, 0.2) is 0 Å². The molecule has 0 aliphatic heterocycles. The van der Waals surface area contributed by atoms with Gasteiger partial charge in [-0.3, -0.25) is 0 Å². The first-order valence-corrected chi connectivity index (χ1v) is 7.10. The summed E-state index contributed by atoms with van der Waals surface area (Å²) < 4.78 is 0. The first kappa shape index (κ1) is 15.0. The molecule has 0 aromatic heterocycles. The van der Waals surface area contributed by atoms with E-state index in [1.54, 1.807) is 0 Å². The Morgan fingerprint density at radius 2 is 1.53 bits per heavy atom. The SMILES string of the molecule is CCCCC(CCC(C)C)CC(C)CC. The molecule has 0 nitrogen and oxygen atoms in total. The first-order chi connectivity index (χ1) is 7.10. The van der Waals surface area contributed by atoms with Crippen LogP contribution in [0.3, 0.4) is 0 Å². The molecule has 0 fully saturated rings. The lowest BCUT2D eigenvalue weighted by molar-refractivity contribution is 0.316. The minimum absolute atomic E-state index is 0.881. The molecule has 0 aromatic rings. The highest BCUT2D eigenvalue weighted by Gasteiger charge is 2.12. The van der Waals surface area contributed by atoms with Crippen LogP contribution < -0.4 is 0 Å². The Morgan fingerprint density at radius 3 is 2.00 bits per heavy atom. The van der Waals surface area contributed by atoms with E-state index in [1.807, 2.05) is 0 Å². The van der Waals surface area contributed by atoms with Crippen LogP contribution in [-0.4, -0.2) is 0 Å². The lowest BCUT2D eigenvalue weighted by atomic mass is 9.85. The second kappa shape index (κ2) is 9.24. The van der Waals surface area contributed by atoms with E-state index in [2.05, 4.69) is 34.6 Å². The maximum Gasteiger partial charge on any atom is -0.0412 e. The summed E-state index contributed by atoms with van der Waals surface area (Å²) in [5.41, 5.74) is 0. The Labute approximate surface area is 97.8 Å². The summed E-state index contributed by atoms with van der Waals surface area (Å²) in [6.45, 7) is 11.7. The molecule has 0 aliphatic rings. The summed E-state index contributed by atoms with van der Waals surface area (Å²) in [4.78, 5) is 0. The molecule has 92 valence electrons. The molecule has 0 heteroatoms. The van der Waals surface area contributed by atoms with Gasteiger partial charge in [0.1, 0.15) is 0 Å². The van der Waals surface area contributed by atoms with Gasteiger partial charge in [-0.15, -0.1) is 0 Å². The van der Waals surface area contributed by atoms with Crippen LogP contribution in [0.15, 0.2) is 0 Å². The molecule has 0 aromatic carbocycles. The zero-order chi connectivity index (χ0) is 11.7. The van der Waals surface area contributed by atoms with E-state index in [4.69, 9.17) is 0 Å². The molecule has 2 atom stereocenters. The van der Waals surface area contributed by atoms with E-state index in [-0.39, 0.29) is 0 Å². The van der Waals surface area contributed by atoms with Crippen molar-refractivity contribution in [1.82, 2.24) is 0 Å². The fraction of sp³-hybridized carbons (Fsp3) is 1.00. The van der Waals surface area contributed by atoms with Gasteiger partial charge in [0.05, 0.1) is 0 Å². The molecule has 0 amide bonds. The second-order valence-electron chi connectivity index (χ2n) is 5.73. The minimum atomic E-state index is 0.881. The number of hydrogen-bond acceptors (Lipinski definition) is 0. The normalized spacial score (nSPS) is 15.6. The lowest BCUT2D eigenvalue weighted by Crippen LogP contribution is -2.07. The molecule has 0 rings (SSSR count). The standard InChI is InChI=1S/C15H32/c1-6-8-9-15(11-10-13(3)4)12-14(5)7-2/h13-15H,6-12H2,1-5H3. The van der Waals surface area contributed by atoms with Crippen molar-refractivity contribution >= 4 is 0 Å². The highest BCUT2D eigenvalue weighted by Crippen LogP contribution is 2.26. The second-order valence-corrected chi connectivity index (χ2v) is 5.73. The van der Waals surface area contributed by atoms with Gasteiger partial charge in [0.25, 0.3) is 0 Å². The van der Waals surface area contributed by atoms with Crippen LogP contribution in [-0.2, 0) is 0 Å². The molecule has 0 N–H and O–H groups in total. The van der Waals surface area contributed by atoms with Crippen LogP contribution in [0.1, 0.15) is 79.6 Å². The Balaban J connectivity index is 3.83. The smallest absolute Gasteiger partial charge is 0.0412 e. The van der Waals surface area contributed by atoms with Crippen LogP contribution in [0.25, 0.3) is 0 Å². The molecule has 0 saturated carbocycles. The summed E-state index contributed by atoms with van der Waals surface area (Å²) in [6.07, 6.45) is 9.95. The minimum Gasteiger partial charge on any atom is -0.0654 e. The van der Waals surface area contributed by atoms with Gasteiger partial charge < -0.3 is 0 Å². The summed E-state index contributed by atoms with van der Waals surface area (Å²) in [5.74, 6) is 2.81. The summed E-state index contributed by atoms with van der Waals surface area (Å²) in [7, 11) is 0. The van der Waals surface area contributed by atoms with Gasteiger partial charge in [-0.05, 0) is 24.2 Å². The predicted molar refractivity (Wildman–Crippen MR) is 71.2 cm³/mol. The molecule has 0 spiro atoms. The van der Waals surface area contributed by atoms with E-state index in [9.17, 15) is 0 Å². The van der Waals surface area contributed by atoms with Crippen molar-refractivity contribution in [2.24, 2.45) is 17.8 Å². The van der Waals surface area contributed by atoms with Crippen molar-refractivity contribution in [3.05, 3.63) is 0 Å². The fourth-order valence-corrected chi connectivity index (χ4v) is 2.18. The Hall–Kier alpha value is 0. The molecular weight excluding hydrogens is 180 g/mol. The molecular formula is C15H32. The summed E-state index contributed by atoms with van der Waals surface area (Å²) >= 11 is 0. The van der Waals surface area contributed by atoms with Gasteiger partial charge in [-0.1, -0.05) is 73.1 Å². The van der Waals surface area contributed by atoms with Crippen LogP contribution in [0.5, 0.6) is 0 Å². The Kier molecular flexibility index (Phi) is 9.24. The van der Waals surface area contributed by atoms with Gasteiger partial charge in [0, 0.05) is 0 Å². The molecule has 0 heterocycles. The molecule has 0 bridgehead atoms. The highest BCUT2D eigenvalue weighted by molar-refractivity contribution is 4.64. The average molecular weight is 212 g/mol. The van der Waals surface area contributed by atoms with E-state index >= 15 is 0 Å². The van der Waals surface area contributed by atoms with Crippen molar-refractivity contribution in [3.63, 3.8) is 0 Å². The third-order valence-corrected chi connectivity index (χ3v) is 3.55. The van der Waals surface area contributed by atoms with Crippen LogP contribution in [0.2, 0.25) is 0 Å². The largest absolute Gasteiger partial charge is 0.0654 e. The third kappa shape index (κ3) is 8.96. The molecule has 15 heavy (non-hydrogen) atoms. The molecule has 2 unspecified atom stereocenters. The quantitative estimate of drug-likeness (QED) is 0.462. The lowest BCUT2D eigenvalue weighted by Gasteiger charge is -2.21. The molecule has 0 aliphatic carbocycles. The van der Waals surface area contributed by atoms with Gasteiger partial charge >= 0.3 is 0 Å². The van der Waals surface area contributed by atoms with Gasteiger partial charge in [0.2, 0.25) is 0 Å². The summed E-state index contributed by atoms with van der Waals surface area (Å²) in [5, 5.41) is 0. The maximum absolute atomic E-state index is 2.41. The zero-order valence-electron chi connectivity index (χ0n) is 11.7. The van der Waals surface area contributed by atoms with E-state index < -0.39 is 0 Å². The van der Waals surface area contributed by atoms with Gasteiger partial charge in [-0.25, -0.2) is 0 Å². The van der Waals surface area contributed by atoms with Crippen LogP contribution in [0.4, 0.5) is 0 Å². The van der Waals surface area contributed by atoms with Crippen molar-refractivity contribution in [2.75, 3.05) is 0 Å². The highest BCUT2D eigenvalue weighted by atomic mass is 14.2. The third-order valence-electron chi connectivity index (χ3n) is 3.55. The monoisotopic (exact) mass is 212 g/mol. The molecule has 0 radical (unpaired) electrons. The first-order valence-electron chi connectivity index (χ1n) is 7.10. The Bertz CT molecular complexity index is 126. The number of hydrogen-bond donors (Lipinski definition) is 0. The number of rotatable bonds is 9. The zero-order valence-corrected chi connectivity index (χ0v) is 11.7. The summed E-state index contributed by atoms with van der Waals surface area (Å²) in [6, 6.07) is 0. The van der Waals surface area contributed by atoms with E-state index in [1.165, 1.54) is 44.9 Å². The van der Waals surface area contributed by atoms with Crippen molar-refractivity contribution < 1.29 is 0 Å². The van der Waals surface area contributed by atoms with Crippen molar-refractivity contribution in [1.29, 1.82) is 0 Å². The van der Waals surface area contributed by atoms with E-state index in [0.29, 0.717) is 0 Å². The van der Waals surface area contributed by atoms with Crippen LogP contribution >= 0.6 is 0 Å². The van der Waals surface area contributed by atoms with Crippen molar-refractivity contribution in [2.45, 2.75) is 79.6 Å². The topological polar surface area (TPSA) is 0 Å². The molecule has 0 saturated heterocycles. The maximum atomic E-state index is 2.41. The van der Waals surface area contributed by atoms with Gasteiger partial charge in [-0.2, -0.15) is 0 Å². The van der Waals surface area contributed by atoms with Crippen LogP contribution in [0, 0.1) is 17.8 Å². The van der Waals surface area contributed by atoms with Crippen molar-refractivity contribution in [3.8, 4) is 0 Å². The Morgan fingerprint density at radius 1 is 0.867 bits per heavy atom. The fourth-order valence-electron chi connectivity index (χ4n) is 2.18. The van der Waals surface area contributed by atoms with E-state index in [0.717, 1.165) is 17.8 Å².